The summed E-state index contributed by atoms with van der Waals surface area (Å²) < 4.78 is 51.8. The maximum atomic E-state index is 13.0. The van der Waals surface area contributed by atoms with Crippen LogP contribution in [0.3, 0.4) is 0 Å². The third-order valence-electron chi connectivity index (χ3n) is 2.37. The fourth-order valence-corrected chi connectivity index (χ4v) is 4.11. The van der Waals surface area contributed by atoms with Crippen molar-refractivity contribution in [2.24, 2.45) is 0 Å². The zero-order chi connectivity index (χ0) is 14.0. The summed E-state index contributed by atoms with van der Waals surface area (Å²) in [5.74, 6) is -0.598. The van der Waals surface area contributed by atoms with Crippen LogP contribution in [0.5, 0.6) is 0 Å². The summed E-state index contributed by atoms with van der Waals surface area (Å²) in [5.41, 5.74) is -1.30. The average molecular weight is 308 g/mol. The van der Waals surface area contributed by atoms with Crippen molar-refractivity contribution in [2.75, 3.05) is 11.5 Å². The third kappa shape index (κ3) is 3.33. The highest BCUT2D eigenvalue weighted by Gasteiger charge is 2.42. The van der Waals surface area contributed by atoms with Crippen LogP contribution < -0.4 is 0 Å². The van der Waals surface area contributed by atoms with E-state index in [2.05, 4.69) is 0 Å². The van der Waals surface area contributed by atoms with Gasteiger partial charge in [-0.3, -0.25) is 4.79 Å². The van der Waals surface area contributed by atoms with Gasteiger partial charge in [0.25, 0.3) is 0 Å². The van der Waals surface area contributed by atoms with E-state index in [0.717, 1.165) is 47.8 Å². The Labute approximate surface area is 115 Å². The summed E-state index contributed by atoms with van der Waals surface area (Å²) in [6.45, 7) is 0. The largest absolute Gasteiger partial charge is 0.421 e. The molecule has 0 unspecified atom stereocenters. The van der Waals surface area contributed by atoms with Crippen LogP contribution in [0, 0.1) is 5.82 Å². The molecular weight excluding hydrogens is 300 g/mol. The average Bonchev–Trinajstić information content (AvgIpc) is 2.81. The molecule has 1 aromatic rings. The van der Waals surface area contributed by atoms with Crippen LogP contribution in [0.1, 0.15) is 10.4 Å². The molecule has 1 heterocycles. The Morgan fingerprint density at radius 3 is 2.05 bits per heavy atom. The normalized spacial score (nSPS) is 15.7. The molecule has 1 fully saturated rings. The second-order valence-electron chi connectivity index (χ2n) is 3.69. The van der Waals surface area contributed by atoms with E-state index in [1.165, 1.54) is 0 Å². The minimum Gasteiger partial charge on any atom is -0.289 e. The molecular formula is C12H8F4OS2. The number of allylic oxidation sites excluding steroid dienone is 1. The van der Waals surface area contributed by atoms with Crippen molar-refractivity contribution in [3.8, 4) is 0 Å². The van der Waals surface area contributed by atoms with Gasteiger partial charge in [-0.2, -0.15) is 13.2 Å². The molecule has 0 N–H and O–H groups in total. The molecule has 2 rings (SSSR count). The second kappa shape index (κ2) is 5.58. The molecule has 7 heteroatoms. The van der Waals surface area contributed by atoms with Gasteiger partial charge in [-0.05, 0) is 24.3 Å². The first-order valence-corrected chi connectivity index (χ1v) is 7.24. The lowest BCUT2D eigenvalue weighted by Crippen LogP contribution is -2.21. The van der Waals surface area contributed by atoms with Crippen LogP contribution in [0.2, 0.25) is 0 Å². The lowest BCUT2D eigenvalue weighted by molar-refractivity contribution is -0.0887. The van der Waals surface area contributed by atoms with E-state index >= 15 is 0 Å². The van der Waals surface area contributed by atoms with Gasteiger partial charge >= 0.3 is 6.18 Å². The SMILES string of the molecule is O=C(C(=C1SCCS1)C(F)(F)F)c1ccc(F)cc1. The molecule has 1 aliphatic rings. The lowest BCUT2D eigenvalue weighted by Gasteiger charge is -2.13. The summed E-state index contributed by atoms with van der Waals surface area (Å²) in [7, 11) is 0. The molecule has 0 aliphatic carbocycles. The first-order valence-electron chi connectivity index (χ1n) is 5.27. The Bertz CT molecular complexity index is 512. The zero-order valence-corrected chi connectivity index (χ0v) is 11.1. The van der Waals surface area contributed by atoms with Crippen molar-refractivity contribution < 1.29 is 22.4 Å². The molecule has 1 aromatic carbocycles. The van der Waals surface area contributed by atoms with Crippen molar-refractivity contribution in [3.05, 3.63) is 45.5 Å². The number of rotatable bonds is 2. The summed E-state index contributed by atoms with van der Waals surface area (Å²) in [4.78, 5) is 12.0. The highest BCUT2D eigenvalue weighted by Crippen LogP contribution is 2.44. The first kappa shape index (κ1) is 14.5. The Kier molecular flexibility index (Phi) is 4.25. The monoisotopic (exact) mass is 308 g/mol. The molecule has 0 saturated carbocycles. The van der Waals surface area contributed by atoms with Crippen molar-refractivity contribution in [3.63, 3.8) is 0 Å². The van der Waals surface area contributed by atoms with E-state index in [1.54, 1.807) is 0 Å². The number of ketones is 1. The third-order valence-corrected chi connectivity index (χ3v) is 5.09. The van der Waals surface area contributed by atoms with Crippen LogP contribution >= 0.6 is 23.5 Å². The highest BCUT2D eigenvalue weighted by atomic mass is 32.2. The topological polar surface area (TPSA) is 17.1 Å². The van der Waals surface area contributed by atoms with Gasteiger partial charge in [-0.1, -0.05) is 0 Å². The fourth-order valence-electron chi connectivity index (χ4n) is 1.54. The number of benzene rings is 1. The van der Waals surface area contributed by atoms with Gasteiger partial charge in [0.1, 0.15) is 11.4 Å². The van der Waals surface area contributed by atoms with Gasteiger partial charge in [-0.15, -0.1) is 23.5 Å². The Morgan fingerprint density at radius 1 is 1.05 bits per heavy atom. The second-order valence-corrected chi connectivity index (χ2v) is 6.16. The number of halogens is 4. The molecule has 1 saturated heterocycles. The van der Waals surface area contributed by atoms with Gasteiger partial charge in [0.15, 0.2) is 5.78 Å². The Hall–Kier alpha value is -0.950. The Morgan fingerprint density at radius 2 is 1.58 bits per heavy atom. The van der Waals surface area contributed by atoms with Crippen molar-refractivity contribution >= 4 is 29.3 Å². The van der Waals surface area contributed by atoms with Gasteiger partial charge in [0.2, 0.25) is 0 Å². The predicted molar refractivity (Wildman–Crippen MR) is 68.7 cm³/mol. The quantitative estimate of drug-likeness (QED) is 0.461. The molecule has 0 radical (unpaired) electrons. The van der Waals surface area contributed by atoms with Crippen molar-refractivity contribution in [1.82, 2.24) is 0 Å². The van der Waals surface area contributed by atoms with Crippen LogP contribution in [-0.2, 0) is 0 Å². The van der Waals surface area contributed by atoms with Crippen molar-refractivity contribution in [2.45, 2.75) is 6.18 Å². The number of hydrogen-bond acceptors (Lipinski definition) is 3. The summed E-state index contributed by atoms with van der Waals surface area (Å²) >= 11 is 2.06. The van der Waals surface area contributed by atoms with E-state index < -0.39 is 23.3 Å². The molecule has 0 atom stereocenters. The van der Waals surface area contributed by atoms with Gasteiger partial charge < -0.3 is 0 Å². The van der Waals surface area contributed by atoms with E-state index in [1.807, 2.05) is 0 Å². The smallest absolute Gasteiger partial charge is 0.289 e. The van der Waals surface area contributed by atoms with Crippen LogP contribution in [0.15, 0.2) is 34.1 Å². The fraction of sp³-hybridized carbons (Fsp3) is 0.250. The maximum absolute atomic E-state index is 13.0. The molecule has 0 aromatic heterocycles. The van der Waals surface area contributed by atoms with Crippen LogP contribution in [-0.4, -0.2) is 23.5 Å². The van der Waals surface area contributed by atoms with E-state index in [4.69, 9.17) is 0 Å². The maximum Gasteiger partial charge on any atom is 0.421 e. The standard InChI is InChI=1S/C12H8F4OS2/c13-8-3-1-7(2-4-8)10(17)9(12(14,15)16)11-18-5-6-19-11/h1-4H,5-6H2. The summed E-state index contributed by atoms with van der Waals surface area (Å²) in [5, 5.41) is 0. The highest BCUT2D eigenvalue weighted by molar-refractivity contribution is 8.25. The molecule has 0 spiro atoms. The lowest BCUT2D eigenvalue weighted by atomic mass is 10.0. The minimum atomic E-state index is -4.70. The Balaban J connectivity index is 2.42. The molecule has 19 heavy (non-hydrogen) atoms. The number of carbonyl (C=O) groups is 1. The predicted octanol–water partition coefficient (Wildman–Crippen LogP) is 4.26. The molecule has 0 amide bonds. The summed E-state index contributed by atoms with van der Waals surface area (Å²) in [6.07, 6.45) is -4.70. The molecule has 102 valence electrons. The van der Waals surface area contributed by atoms with Crippen LogP contribution in [0.4, 0.5) is 17.6 Å². The van der Waals surface area contributed by atoms with E-state index in [0.29, 0.717) is 11.5 Å². The summed E-state index contributed by atoms with van der Waals surface area (Å²) in [6, 6.07) is 4.07. The minimum absolute atomic E-state index is 0.00169. The molecule has 1 nitrogen and oxygen atoms in total. The van der Waals surface area contributed by atoms with Gasteiger partial charge in [-0.25, -0.2) is 4.39 Å². The molecule has 0 bridgehead atoms. The number of carbonyl (C=O) groups excluding carboxylic acids is 1. The number of hydrogen-bond donors (Lipinski definition) is 0. The molecule has 1 aliphatic heterocycles. The van der Waals surface area contributed by atoms with Crippen molar-refractivity contribution in [1.29, 1.82) is 0 Å². The zero-order valence-electron chi connectivity index (χ0n) is 9.46. The number of thioether (sulfide) groups is 2. The van der Waals surface area contributed by atoms with E-state index in [-0.39, 0.29) is 9.80 Å². The number of Topliss-reactive ketones (excluding diaryl/α,β-unsaturated/α-hetero) is 1. The van der Waals surface area contributed by atoms with Gasteiger partial charge in [0, 0.05) is 17.1 Å². The van der Waals surface area contributed by atoms with Crippen LogP contribution in [0.25, 0.3) is 0 Å². The number of alkyl halides is 3. The van der Waals surface area contributed by atoms with E-state index in [9.17, 15) is 22.4 Å². The van der Waals surface area contributed by atoms with Gasteiger partial charge in [0.05, 0.1) is 4.24 Å². The first-order chi connectivity index (χ1) is 8.89.